The van der Waals surface area contributed by atoms with Crippen molar-refractivity contribution < 1.29 is 18.4 Å². The van der Waals surface area contributed by atoms with Crippen molar-refractivity contribution in [2.45, 2.75) is 13.7 Å². The normalized spacial score (nSPS) is 10.9. The molecule has 0 aliphatic rings. The average Bonchev–Trinajstić information content (AvgIpc) is 3.10. The summed E-state index contributed by atoms with van der Waals surface area (Å²) in [6, 6.07) is 16.4. The van der Waals surface area contributed by atoms with Crippen molar-refractivity contribution in [2.75, 3.05) is 6.61 Å². The molecule has 4 rings (SSSR count). The van der Waals surface area contributed by atoms with Crippen molar-refractivity contribution in [3.63, 3.8) is 0 Å². The van der Waals surface area contributed by atoms with Crippen LogP contribution >= 0.6 is 0 Å². The summed E-state index contributed by atoms with van der Waals surface area (Å²) in [7, 11) is 0. The lowest BCUT2D eigenvalue weighted by atomic mass is 10.0. The van der Waals surface area contributed by atoms with Gasteiger partial charge in [0.05, 0.1) is 11.3 Å². The minimum absolute atomic E-state index is 0.0150. The number of ether oxygens (including phenoxy) is 2. The molecule has 152 valence electrons. The van der Waals surface area contributed by atoms with Crippen LogP contribution in [0.15, 0.2) is 76.2 Å². The zero-order valence-corrected chi connectivity index (χ0v) is 16.1. The molecule has 2 aromatic carbocycles. The van der Waals surface area contributed by atoms with Crippen LogP contribution in [0.2, 0.25) is 0 Å². The number of nitrogens with zero attached hydrogens (tertiary/aromatic N) is 3. The number of para-hydroxylation sites is 1. The van der Waals surface area contributed by atoms with Crippen molar-refractivity contribution in [3.05, 3.63) is 83.1 Å². The summed E-state index contributed by atoms with van der Waals surface area (Å²) in [4.78, 5) is 21.2. The Morgan fingerprint density at radius 1 is 1.07 bits per heavy atom. The molecular formula is C22H18FN3O4. The second-order valence-corrected chi connectivity index (χ2v) is 6.25. The first-order valence-electron chi connectivity index (χ1n) is 9.30. The highest BCUT2D eigenvalue weighted by Crippen LogP contribution is 2.30. The summed E-state index contributed by atoms with van der Waals surface area (Å²) >= 11 is 0. The zero-order valence-electron chi connectivity index (χ0n) is 16.1. The Labute approximate surface area is 171 Å². The first kappa shape index (κ1) is 19.5. The van der Waals surface area contributed by atoms with E-state index in [1.807, 2.05) is 25.1 Å². The third-order valence-electron chi connectivity index (χ3n) is 4.26. The highest BCUT2D eigenvalue weighted by molar-refractivity contribution is 5.78. The van der Waals surface area contributed by atoms with Crippen molar-refractivity contribution in [2.24, 2.45) is 0 Å². The van der Waals surface area contributed by atoms with Gasteiger partial charge in [0.1, 0.15) is 17.3 Å². The number of halogens is 1. The van der Waals surface area contributed by atoms with Crippen LogP contribution in [0.5, 0.6) is 11.8 Å². The van der Waals surface area contributed by atoms with E-state index < -0.39 is 11.4 Å². The van der Waals surface area contributed by atoms with Gasteiger partial charge in [-0.25, -0.2) is 14.2 Å². The quantitative estimate of drug-likeness (QED) is 0.449. The number of hydrogen-bond acceptors (Lipinski definition) is 6. The monoisotopic (exact) mass is 407 g/mol. The van der Waals surface area contributed by atoms with Crippen molar-refractivity contribution in [3.8, 4) is 34.3 Å². The summed E-state index contributed by atoms with van der Waals surface area (Å²) in [5.74, 6) is 0.173. The molecule has 30 heavy (non-hydrogen) atoms. The van der Waals surface area contributed by atoms with Gasteiger partial charge in [-0.3, -0.25) is 0 Å². The van der Waals surface area contributed by atoms with Gasteiger partial charge in [0.2, 0.25) is 0 Å². The summed E-state index contributed by atoms with van der Waals surface area (Å²) in [5, 5.41) is 0. The van der Waals surface area contributed by atoms with Gasteiger partial charge in [0.25, 0.3) is 0 Å². The molecule has 0 unspecified atom stereocenters. The van der Waals surface area contributed by atoms with Crippen molar-refractivity contribution in [1.82, 2.24) is 14.7 Å². The smallest absolute Gasteiger partial charge is 0.366 e. The molecule has 0 spiro atoms. The van der Waals surface area contributed by atoms with Crippen LogP contribution in [-0.2, 0) is 11.5 Å². The second-order valence-electron chi connectivity index (χ2n) is 6.25. The van der Waals surface area contributed by atoms with Gasteiger partial charge >= 0.3 is 11.6 Å². The molecule has 0 aliphatic carbocycles. The minimum atomic E-state index is -0.583. The van der Waals surface area contributed by atoms with Gasteiger partial charge < -0.3 is 14.0 Å². The van der Waals surface area contributed by atoms with Gasteiger partial charge in [-0.1, -0.05) is 30.3 Å². The lowest BCUT2D eigenvalue weighted by Gasteiger charge is -2.09. The van der Waals surface area contributed by atoms with Crippen LogP contribution in [0.4, 0.5) is 4.39 Å². The van der Waals surface area contributed by atoms with Crippen LogP contribution in [0.3, 0.4) is 0 Å². The molecule has 8 heteroatoms. The SMILES string of the molecule is CCOCn1oc(=O)c(-c2ccc(F)cc2)c1-c1ccnc(Oc2ccccc2)n1. The highest BCUT2D eigenvalue weighted by atomic mass is 19.1. The molecule has 0 saturated carbocycles. The predicted molar refractivity (Wildman–Crippen MR) is 108 cm³/mol. The van der Waals surface area contributed by atoms with Crippen LogP contribution in [-0.4, -0.2) is 21.3 Å². The highest BCUT2D eigenvalue weighted by Gasteiger charge is 2.22. The molecule has 0 amide bonds. The van der Waals surface area contributed by atoms with Crippen LogP contribution < -0.4 is 10.4 Å². The van der Waals surface area contributed by atoms with Gasteiger partial charge in [-0.05, 0) is 42.8 Å². The lowest BCUT2D eigenvalue weighted by Crippen LogP contribution is -2.04. The van der Waals surface area contributed by atoms with Crippen molar-refractivity contribution in [1.29, 1.82) is 0 Å². The van der Waals surface area contributed by atoms with E-state index in [2.05, 4.69) is 9.97 Å². The molecule has 0 saturated heterocycles. The van der Waals surface area contributed by atoms with E-state index in [-0.39, 0.29) is 18.3 Å². The van der Waals surface area contributed by atoms with Crippen LogP contribution in [0.1, 0.15) is 6.92 Å². The second kappa shape index (κ2) is 8.71. The fraction of sp³-hybridized carbons (Fsp3) is 0.136. The molecule has 0 radical (unpaired) electrons. The van der Waals surface area contributed by atoms with Gasteiger partial charge in [-0.15, -0.1) is 0 Å². The number of benzene rings is 2. The number of aromatic nitrogens is 3. The maximum Gasteiger partial charge on any atom is 0.366 e. The standard InChI is InChI=1S/C22H18FN3O4/c1-2-28-14-26-20(19(21(27)30-26)15-8-10-16(23)11-9-15)18-12-13-24-22(25-18)29-17-6-4-3-5-7-17/h3-13H,2,14H2,1H3. The molecule has 0 atom stereocenters. The van der Waals surface area contributed by atoms with Gasteiger partial charge in [0.15, 0.2) is 6.73 Å². The number of hydrogen-bond donors (Lipinski definition) is 0. The van der Waals surface area contributed by atoms with E-state index >= 15 is 0 Å². The molecule has 0 fully saturated rings. The van der Waals surface area contributed by atoms with E-state index in [4.69, 9.17) is 14.0 Å². The summed E-state index contributed by atoms with van der Waals surface area (Å²) in [6.07, 6.45) is 1.53. The Hall–Kier alpha value is -3.78. The molecule has 0 aliphatic heterocycles. The minimum Gasteiger partial charge on any atom is -0.424 e. The molecule has 4 aromatic rings. The summed E-state index contributed by atoms with van der Waals surface area (Å²) < 4.78 is 31.2. The third kappa shape index (κ3) is 4.13. The first-order chi connectivity index (χ1) is 14.7. The molecular weight excluding hydrogens is 389 g/mol. The van der Waals surface area contributed by atoms with E-state index in [0.29, 0.717) is 29.3 Å². The molecule has 2 heterocycles. The Kier molecular flexibility index (Phi) is 5.67. The Balaban J connectivity index is 1.81. The zero-order chi connectivity index (χ0) is 20.9. The third-order valence-corrected chi connectivity index (χ3v) is 4.26. The average molecular weight is 407 g/mol. The molecule has 7 nitrogen and oxygen atoms in total. The van der Waals surface area contributed by atoms with E-state index in [1.165, 1.54) is 35.2 Å². The van der Waals surface area contributed by atoms with Gasteiger partial charge in [-0.2, -0.15) is 9.72 Å². The molecule has 0 N–H and O–H groups in total. The molecule has 0 bridgehead atoms. The van der Waals surface area contributed by atoms with E-state index in [9.17, 15) is 9.18 Å². The maximum atomic E-state index is 13.4. The number of rotatable bonds is 7. The predicted octanol–water partition coefficient (Wildman–Crippen LogP) is 4.49. The summed E-state index contributed by atoms with van der Waals surface area (Å²) in [5.41, 5.74) is 0.959. The van der Waals surface area contributed by atoms with Gasteiger partial charge in [0, 0.05) is 12.8 Å². The Morgan fingerprint density at radius 2 is 1.83 bits per heavy atom. The Morgan fingerprint density at radius 3 is 2.57 bits per heavy atom. The van der Waals surface area contributed by atoms with Crippen LogP contribution in [0.25, 0.3) is 22.5 Å². The van der Waals surface area contributed by atoms with E-state index in [0.717, 1.165) is 0 Å². The fourth-order valence-electron chi connectivity index (χ4n) is 2.92. The maximum absolute atomic E-state index is 13.4. The Bertz CT molecular complexity index is 1190. The van der Waals surface area contributed by atoms with Crippen LogP contribution in [0, 0.1) is 5.82 Å². The molecule has 2 aromatic heterocycles. The lowest BCUT2D eigenvalue weighted by molar-refractivity contribution is 0.0314. The fourth-order valence-corrected chi connectivity index (χ4v) is 2.92. The first-order valence-corrected chi connectivity index (χ1v) is 9.30. The topological polar surface area (TPSA) is 79.4 Å². The van der Waals surface area contributed by atoms with E-state index in [1.54, 1.807) is 18.2 Å². The largest absolute Gasteiger partial charge is 0.424 e. The van der Waals surface area contributed by atoms with Crippen molar-refractivity contribution >= 4 is 0 Å². The summed E-state index contributed by atoms with van der Waals surface area (Å²) in [6.45, 7) is 2.28.